The number of hydrogen-bond donors (Lipinski definition) is 3. The fourth-order valence-electron chi connectivity index (χ4n) is 3.27. The topological polar surface area (TPSA) is 123 Å². The summed E-state index contributed by atoms with van der Waals surface area (Å²) in [4.78, 5) is 28.3. The Labute approximate surface area is 188 Å². The number of methoxy groups -OCH3 is 1. The molecule has 0 aliphatic rings. The van der Waals surface area contributed by atoms with Crippen LogP contribution in [-0.2, 0) is 6.18 Å². The van der Waals surface area contributed by atoms with Crippen molar-refractivity contribution in [3.05, 3.63) is 58.2 Å². The van der Waals surface area contributed by atoms with E-state index in [4.69, 9.17) is 10.5 Å². The maximum absolute atomic E-state index is 13.1. The van der Waals surface area contributed by atoms with E-state index in [0.29, 0.717) is 28.3 Å². The smallest absolute Gasteiger partial charge is 0.433 e. The molecule has 0 unspecified atom stereocenters. The maximum Gasteiger partial charge on any atom is 0.433 e. The Morgan fingerprint density at radius 2 is 1.97 bits per heavy atom. The number of ether oxygens (including phenoxy) is 1. The predicted octanol–water partition coefficient (Wildman–Crippen LogP) is 4.37. The number of alkyl halides is 3. The minimum atomic E-state index is -4.66. The Bertz CT molecular complexity index is 1390. The van der Waals surface area contributed by atoms with Gasteiger partial charge in [0, 0.05) is 10.9 Å². The molecule has 1 aromatic carbocycles. The monoisotopic (exact) mass is 475 g/mol. The van der Waals surface area contributed by atoms with E-state index in [-0.39, 0.29) is 32.0 Å². The highest BCUT2D eigenvalue weighted by Gasteiger charge is 2.34. The first-order valence-corrected chi connectivity index (χ1v) is 10.2. The van der Waals surface area contributed by atoms with E-state index < -0.39 is 23.7 Å². The largest absolute Gasteiger partial charge is 0.497 e. The second-order valence-electron chi connectivity index (χ2n) is 7.03. The first-order chi connectivity index (χ1) is 15.6. The molecule has 4 N–H and O–H groups in total. The van der Waals surface area contributed by atoms with Crippen LogP contribution in [0.15, 0.2) is 36.4 Å². The van der Waals surface area contributed by atoms with Crippen LogP contribution >= 0.6 is 11.3 Å². The number of benzene rings is 1. The minimum absolute atomic E-state index is 0.00348. The first-order valence-electron chi connectivity index (χ1n) is 9.40. The van der Waals surface area contributed by atoms with Crippen molar-refractivity contribution in [1.29, 1.82) is 0 Å². The van der Waals surface area contributed by atoms with E-state index in [0.717, 1.165) is 6.07 Å². The number of hydrogen-bond acceptors (Lipinski definition) is 6. The zero-order valence-electron chi connectivity index (χ0n) is 17.2. The summed E-state index contributed by atoms with van der Waals surface area (Å²) in [6.07, 6.45) is -4.66. The molecule has 0 atom stereocenters. The van der Waals surface area contributed by atoms with E-state index in [1.807, 2.05) is 0 Å². The molecule has 12 heteroatoms. The van der Waals surface area contributed by atoms with Crippen molar-refractivity contribution in [3.8, 4) is 17.0 Å². The Morgan fingerprint density at radius 3 is 2.64 bits per heavy atom. The molecule has 33 heavy (non-hydrogen) atoms. The summed E-state index contributed by atoms with van der Waals surface area (Å²) in [6, 6.07) is 9.40. The fraction of sp³-hybridized carbons (Fsp3) is 0.143. The summed E-state index contributed by atoms with van der Waals surface area (Å²) < 4.78 is 44.6. The summed E-state index contributed by atoms with van der Waals surface area (Å²) >= 11 is 0.680. The van der Waals surface area contributed by atoms with Gasteiger partial charge in [-0.05, 0) is 36.8 Å². The molecule has 4 aromatic rings. The molecule has 0 bridgehead atoms. The lowest BCUT2D eigenvalue weighted by Gasteiger charge is -2.09. The SMILES string of the molecule is COc1cccc(-c2cc(C(=O)Nc3c(C(N)=O)sc4nc(C(F)(F)F)cc(C)c34)[nH]n2)c1. The van der Waals surface area contributed by atoms with Crippen LogP contribution in [0.3, 0.4) is 0 Å². The van der Waals surface area contributed by atoms with Gasteiger partial charge in [0.1, 0.15) is 26.8 Å². The average Bonchev–Trinajstić information content (AvgIpc) is 3.39. The Balaban J connectivity index is 1.71. The van der Waals surface area contributed by atoms with Gasteiger partial charge >= 0.3 is 6.18 Å². The molecular weight excluding hydrogens is 459 g/mol. The highest BCUT2D eigenvalue weighted by Crippen LogP contribution is 2.40. The van der Waals surface area contributed by atoms with Crippen molar-refractivity contribution in [3.63, 3.8) is 0 Å². The number of aromatic amines is 1. The average molecular weight is 475 g/mol. The third kappa shape index (κ3) is 4.24. The second-order valence-corrected chi connectivity index (χ2v) is 8.02. The number of nitrogens with one attached hydrogen (secondary N) is 2. The van der Waals surface area contributed by atoms with Gasteiger partial charge in [0.05, 0.1) is 18.5 Å². The lowest BCUT2D eigenvalue weighted by Crippen LogP contribution is -2.17. The van der Waals surface area contributed by atoms with Crippen LogP contribution in [-0.4, -0.2) is 34.1 Å². The molecule has 3 aromatic heterocycles. The lowest BCUT2D eigenvalue weighted by molar-refractivity contribution is -0.141. The van der Waals surface area contributed by atoms with Gasteiger partial charge in [-0.25, -0.2) is 4.98 Å². The number of aryl methyl sites for hydroxylation is 1. The maximum atomic E-state index is 13.1. The number of pyridine rings is 1. The summed E-state index contributed by atoms with van der Waals surface area (Å²) in [5, 5.41) is 9.52. The lowest BCUT2D eigenvalue weighted by atomic mass is 10.1. The molecule has 0 aliphatic heterocycles. The molecule has 0 saturated heterocycles. The van der Waals surface area contributed by atoms with Gasteiger partial charge in [0.25, 0.3) is 11.8 Å². The van der Waals surface area contributed by atoms with Crippen molar-refractivity contribution in [1.82, 2.24) is 15.2 Å². The number of nitrogens with two attached hydrogens (primary N) is 1. The molecule has 8 nitrogen and oxygen atoms in total. The van der Waals surface area contributed by atoms with Crippen molar-refractivity contribution < 1.29 is 27.5 Å². The minimum Gasteiger partial charge on any atom is -0.497 e. The Kier molecular flexibility index (Phi) is 5.54. The van der Waals surface area contributed by atoms with Crippen LogP contribution in [0.1, 0.15) is 31.4 Å². The third-order valence-corrected chi connectivity index (χ3v) is 5.90. The number of anilines is 1. The number of carbonyl (C=O) groups excluding carboxylic acids is 2. The van der Waals surface area contributed by atoms with Crippen LogP contribution in [0.2, 0.25) is 0 Å². The Hall–Kier alpha value is -3.93. The number of halogens is 3. The molecule has 0 radical (unpaired) electrons. The number of amides is 2. The summed E-state index contributed by atoms with van der Waals surface area (Å²) in [7, 11) is 1.53. The van der Waals surface area contributed by atoms with Crippen molar-refractivity contribution in [2.24, 2.45) is 5.73 Å². The van der Waals surface area contributed by atoms with Gasteiger partial charge in [0.2, 0.25) is 0 Å². The van der Waals surface area contributed by atoms with Crippen molar-refractivity contribution in [2.45, 2.75) is 13.1 Å². The van der Waals surface area contributed by atoms with Gasteiger partial charge in [-0.3, -0.25) is 14.7 Å². The number of primary amides is 1. The number of H-pyrrole nitrogens is 1. The van der Waals surface area contributed by atoms with Crippen LogP contribution in [0.4, 0.5) is 18.9 Å². The van der Waals surface area contributed by atoms with Crippen LogP contribution in [0.5, 0.6) is 5.75 Å². The molecule has 2 amide bonds. The number of carbonyl (C=O) groups is 2. The number of fused-ring (bicyclic) bond motifs is 1. The second kappa shape index (κ2) is 8.20. The van der Waals surface area contributed by atoms with E-state index in [9.17, 15) is 22.8 Å². The van der Waals surface area contributed by atoms with Gasteiger partial charge < -0.3 is 15.8 Å². The number of nitrogens with zero attached hydrogens (tertiary/aromatic N) is 2. The zero-order chi connectivity index (χ0) is 23.9. The Morgan fingerprint density at radius 1 is 1.21 bits per heavy atom. The van der Waals surface area contributed by atoms with Crippen molar-refractivity contribution >= 4 is 39.1 Å². The predicted molar refractivity (Wildman–Crippen MR) is 116 cm³/mol. The van der Waals surface area contributed by atoms with E-state index in [1.54, 1.807) is 24.3 Å². The van der Waals surface area contributed by atoms with Gasteiger partial charge in [-0.1, -0.05) is 12.1 Å². The molecular formula is C21H16F3N5O3S. The molecule has 4 rings (SSSR count). The molecule has 0 aliphatic carbocycles. The highest BCUT2D eigenvalue weighted by atomic mass is 32.1. The molecule has 0 fully saturated rings. The summed E-state index contributed by atoms with van der Waals surface area (Å²) in [5.74, 6) is -0.945. The fourth-order valence-corrected chi connectivity index (χ4v) is 4.33. The van der Waals surface area contributed by atoms with E-state index >= 15 is 0 Å². The molecule has 0 spiro atoms. The van der Waals surface area contributed by atoms with Crippen LogP contribution in [0.25, 0.3) is 21.5 Å². The van der Waals surface area contributed by atoms with Gasteiger partial charge in [0.15, 0.2) is 0 Å². The molecule has 3 heterocycles. The van der Waals surface area contributed by atoms with E-state index in [2.05, 4.69) is 20.5 Å². The normalized spacial score (nSPS) is 11.5. The quantitative estimate of drug-likeness (QED) is 0.396. The molecule has 0 saturated carbocycles. The van der Waals surface area contributed by atoms with Crippen LogP contribution in [0, 0.1) is 6.92 Å². The number of aromatic nitrogens is 3. The van der Waals surface area contributed by atoms with Gasteiger partial charge in [-0.2, -0.15) is 18.3 Å². The van der Waals surface area contributed by atoms with Crippen molar-refractivity contribution in [2.75, 3.05) is 12.4 Å². The third-order valence-electron chi connectivity index (χ3n) is 4.80. The summed E-state index contributed by atoms with van der Waals surface area (Å²) in [6.45, 7) is 1.43. The summed E-state index contributed by atoms with van der Waals surface area (Å²) in [5.41, 5.74) is 5.74. The van der Waals surface area contributed by atoms with E-state index in [1.165, 1.54) is 20.1 Å². The first kappa shape index (κ1) is 22.3. The zero-order valence-corrected chi connectivity index (χ0v) is 18.0. The van der Waals surface area contributed by atoms with Gasteiger partial charge in [-0.15, -0.1) is 11.3 Å². The number of thiophene rings is 1. The standard InChI is InChI=1S/C21H16F3N5O3S/c1-9-6-14(21(22,23)24)26-20-15(9)16(17(33-20)18(25)30)27-19(31)13-8-12(28-29-13)10-4-3-5-11(7-10)32-2/h3-8H,1-2H3,(H2,25,30)(H,27,31)(H,28,29). The van der Waals surface area contributed by atoms with Crippen LogP contribution < -0.4 is 15.8 Å². The number of rotatable bonds is 5. The highest BCUT2D eigenvalue weighted by molar-refractivity contribution is 7.21. The molecule has 170 valence electrons.